The molecular formula is C22H15F2N7O2. The molecule has 0 saturated carbocycles. The summed E-state index contributed by atoms with van der Waals surface area (Å²) in [6, 6.07) is 11.3. The molecule has 0 bridgehead atoms. The number of hydrogen-bond acceptors (Lipinski definition) is 7. The molecule has 0 saturated heterocycles. The summed E-state index contributed by atoms with van der Waals surface area (Å²) in [6.45, 7) is 3.32. The zero-order valence-corrected chi connectivity index (χ0v) is 17.4. The van der Waals surface area contributed by atoms with Crippen molar-refractivity contribution in [3.8, 4) is 16.9 Å². The lowest BCUT2D eigenvalue weighted by atomic mass is 10.0. The van der Waals surface area contributed by atoms with Gasteiger partial charge in [0.25, 0.3) is 11.6 Å². The van der Waals surface area contributed by atoms with Gasteiger partial charge in [0.1, 0.15) is 17.3 Å². The van der Waals surface area contributed by atoms with Gasteiger partial charge in [-0.1, -0.05) is 5.16 Å². The summed E-state index contributed by atoms with van der Waals surface area (Å²) < 4.78 is 34.2. The number of carbonyl (C=O) groups is 1. The lowest BCUT2D eigenvalue weighted by molar-refractivity contribution is 0.102. The van der Waals surface area contributed by atoms with Crippen LogP contribution in [0.25, 0.3) is 28.0 Å². The van der Waals surface area contributed by atoms with Gasteiger partial charge in [0.15, 0.2) is 5.82 Å². The smallest absolute Gasteiger partial charge is 0.259 e. The fourth-order valence-corrected chi connectivity index (χ4v) is 3.45. The van der Waals surface area contributed by atoms with Gasteiger partial charge in [0, 0.05) is 11.3 Å². The Labute approximate surface area is 185 Å². The second-order valence-electron chi connectivity index (χ2n) is 7.27. The lowest BCUT2D eigenvalue weighted by Gasteiger charge is -2.10. The maximum atomic E-state index is 14.4. The van der Waals surface area contributed by atoms with Crippen molar-refractivity contribution in [3.05, 3.63) is 77.2 Å². The Morgan fingerprint density at radius 1 is 1.06 bits per heavy atom. The molecule has 3 aromatic heterocycles. The van der Waals surface area contributed by atoms with Gasteiger partial charge in [-0.2, -0.15) is 4.68 Å². The van der Waals surface area contributed by atoms with Crippen molar-refractivity contribution in [2.24, 2.45) is 0 Å². The summed E-state index contributed by atoms with van der Waals surface area (Å²) in [5.74, 6) is -1.04. The molecule has 33 heavy (non-hydrogen) atoms. The number of rotatable bonds is 4. The van der Waals surface area contributed by atoms with Crippen LogP contribution in [-0.2, 0) is 0 Å². The highest BCUT2D eigenvalue weighted by atomic mass is 19.1. The number of pyridine rings is 1. The van der Waals surface area contributed by atoms with Crippen LogP contribution in [0, 0.1) is 25.5 Å². The van der Waals surface area contributed by atoms with E-state index < -0.39 is 17.5 Å². The van der Waals surface area contributed by atoms with E-state index in [-0.39, 0.29) is 17.0 Å². The van der Waals surface area contributed by atoms with Crippen LogP contribution in [0.5, 0.6) is 0 Å². The van der Waals surface area contributed by atoms with Crippen LogP contribution in [0.4, 0.5) is 14.5 Å². The van der Waals surface area contributed by atoms with Gasteiger partial charge in [-0.05, 0) is 72.8 Å². The minimum Gasteiger partial charge on any atom is -0.335 e. The van der Waals surface area contributed by atoms with Crippen LogP contribution >= 0.6 is 0 Å². The zero-order valence-electron chi connectivity index (χ0n) is 17.4. The van der Waals surface area contributed by atoms with E-state index in [4.69, 9.17) is 4.52 Å². The molecule has 5 rings (SSSR count). The highest BCUT2D eigenvalue weighted by Crippen LogP contribution is 2.28. The van der Waals surface area contributed by atoms with Crippen molar-refractivity contribution < 1.29 is 18.1 Å². The number of anilines is 1. The van der Waals surface area contributed by atoms with Crippen LogP contribution < -0.4 is 5.32 Å². The Bertz CT molecular complexity index is 1510. The average Bonchev–Trinajstić information content (AvgIpc) is 3.40. The number of aryl methyl sites for hydroxylation is 2. The number of nitrogens with zero attached hydrogens (tertiary/aromatic N) is 6. The van der Waals surface area contributed by atoms with E-state index in [0.717, 1.165) is 0 Å². The van der Waals surface area contributed by atoms with Crippen LogP contribution in [0.3, 0.4) is 0 Å². The number of benzene rings is 2. The van der Waals surface area contributed by atoms with Crippen molar-refractivity contribution in [1.29, 1.82) is 0 Å². The van der Waals surface area contributed by atoms with Crippen molar-refractivity contribution in [2.45, 2.75) is 13.8 Å². The van der Waals surface area contributed by atoms with Gasteiger partial charge < -0.3 is 9.84 Å². The number of aromatic nitrogens is 6. The molecule has 0 aliphatic heterocycles. The highest BCUT2D eigenvalue weighted by Gasteiger charge is 2.20. The molecule has 11 heteroatoms. The summed E-state index contributed by atoms with van der Waals surface area (Å²) in [5.41, 5.74) is 2.33. The van der Waals surface area contributed by atoms with E-state index in [1.807, 2.05) is 0 Å². The Kier molecular flexibility index (Phi) is 4.85. The molecule has 0 aliphatic carbocycles. The minimum atomic E-state index is -0.553. The molecule has 1 N–H and O–H groups in total. The molecule has 5 aromatic rings. The van der Waals surface area contributed by atoms with E-state index in [1.165, 1.54) is 35.0 Å². The average molecular weight is 447 g/mol. The molecule has 0 radical (unpaired) electrons. The van der Waals surface area contributed by atoms with Crippen molar-refractivity contribution >= 4 is 22.7 Å². The van der Waals surface area contributed by atoms with Crippen LogP contribution in [-0.4, -0.2) is 36.3 Å². The maximum absolute atomic E-state index is 14.4. The fraction of sp³-hybridized carbons (Fsp3) is 0.0909. The predicted molar refractivity (Wildman–Crippen MR) is 114 cm³/mol. The van der Waals surface area contributed by atoms with Crippen LogP contribution in [0.2, 0.25) is 0 Å². The largest absolute Gasteiger partial charge is 0.335 e. The Morgan fingerprint density at radius 2 is 1.85 bits per heavy atom. The minimum absolute atomic E-state index is 0.0864. The number of fused-ring (bicyclic) bond motifs is 1. The summed E-state index contributed by atoms with van der Waals surface area (Å²) in [6.07, 6.45) is 0. The van der Waals surface area contributed by atoms with Crippen molar-refractivity contribution in [1.82, 2.24) is 30.3 Å². The van der Waals surface area contributed by atoms with Gasteiger partial charge in [0.05, 0.1) is 22.3 Å². The lowest BCUT2D eigenvalue weighted by Crippen LogP contribution is -2.14. The van der Waals surface area contributed by atoms with Gasteiger partial charge in [0.2, 0.25) is 0 Å². The van der Waals surface area contributed by atoms with Crippen molar-refractivity contribution in [3.63, 3.8) is 0 Å². The van der Waals surface area contributed by atoms with Crippen LogP contribution in [0.15, 0.2) is 53.1 Å². The van der Waals surface area contributed by atoms with Crippen molar-refractivity contribution in [2.75, 3.05) is 5.32 Å². The predicted octanol–water partition coefficient (Wildman–Crippen LogP) is 4.01. The number of halogens is 2. The third-order valence-electron chi connectivity index (χ3n) is 5.06. The fourth-order valence-electron chi connectivity index (χ4n) is 3.45. The molecule has 2 aromatic carbocycles. The van der Waals surface area contributed by atoms with E-state index in [9.17, 15) is 13.6 Å². The number of tetrazole rings is 1. The zero-order chi connectivity index (χ0) is 23.1. The third-order valence-corrected chi connectivity index (χ3v) is 5.06. The number of amides is 1. The molecule has 0 atom stereocenters. The normalized spacial score (nSPS) is 11.2. The topological polar surface area (TPSA) is 112 Å². The van der Waals surface area contributed by atoms with E-state index >= 15 is 0 Å². The summed E-state index contributed by atoms with van der Waals surface area (Å²) in [5, 5.41) is 18.2. The van der Waals surface area contributed by atoms with Gasteiger partial charge in [-0.3, -0.25) is 4.79 Å². The summed E-state index contributed by atoms with van der Waals surface area (Å²) in [4.78, 5) is 17.7. The quantitative estimate of drug-likeness (QED) is 0.443. The maximum Gasteiger partial charge on any atom is 0.259 e. The first-order valence-corrected chi connectivity index (χ1v) is 9.80. The molecule has 0 unspecified atom stereocenters. The SMILES string of the molecule is Cc1noc2nc(-c3ccc(F)cc3)cc(C(=O)Nc3ccc(F)c(-n4nnnc4C)c3)c12. The molecule has 0 fully saturated rings. The number of nitrogens with one attached hydrogen (secondary N) is 1. The Hall–Kier alpha value is -4.54. The molecule has 9 nitrogen and oxygen atoms in total. The van der Waals surface area contributed by atoms with E-state index in [0.29, 0.717) is 33.8 Å². The molecule has 3 heterocycles. The molecule has 0 spiro atoms. The first kappa shape index (κ1) is 20.4. The molecule has 1 amide bonds. The summed E-state index contributed by atoms with van der Waals surface area (Å²) >= 11 is 0. The second-order valence-corrected chi connectivity index (χ2v) is 7.27. The molecule has 0 aliphatic rings. The summed E-state index contributed by atoms with van der Waals surface area (Å²) in [7, 11) is 0. The first-order valence-electron chi connectivity index (χ1n) is 9.80. The highest BCUT2D eigenvalue weighted by molar-refractivity contribution is 6.13. The van der Waals surface area contributed by atoms with E-state index in [1.54, 1.807) is 32.0 Å². The molecule has 164 valence electrons. The monoisotopic (exact) mass is 447 g/mol. The van der Waals surface area contributed by atoms with E-state index in [2.05, 4.69) is 31.0 Å². The van der Waals surface area contributed by atoms with Gasteiger partial charge in [-0.15, -0.1) is 5.10 Å². The third kappa shape index (κ3) is 3.69. The first-order chi connectivity index (χ1) is 15.9. The Morgan fingerprint density at radius 3 is 2.58 bits per heavy atom. The number of hydrogen-bond donors (Lipinski definition) is 1. The van der Waals surface area contributed by atoms with Gasteiger partial charge in [-0.25, -0.2) is 13.8 Å². The van der Waals surface area contributed by atoms with Gasteiger partial charge >= 0.3 is 0 Å². The molecular weight excluding hydrogens is 432 g/mol. The standard InChI is InChI=1S/C22H15F2N7O2/c1-11-20-16(10-18(26-22(20)33-28-11)13-3-5-14(23)6-4-13)21(32)25-15-7-8-17(24)19(9-15)31-12(2)27-29-30-31/h3-10H,1-2H3,(H,25,32). The van der Waals surface area contributed by atoms with Crippen LogP contribution in [0.1, 0.15) is 21.9 Å². The number of carbonyl (C=O) groups excluding carboxylic acids is 1. The Balaban J connectivity index is 1.55. The second kappa shape index (κ2) is 7.86.